The molecule has 0 N–H and O–H groups in total. The molecule has 2 aliphatic heterocycles. The maximum atomic E-state index is 13.9. The van der Waals surface area contributed by atoms with Crippen LogP contribution in [0.4, 0.5) is 9.59 Å². The van der Waals surface area contributed by atoms with Gasteiger partial charge in [-0.3, -0.25) is 14.6 Å². The Bertz CT molecular complexity index is 1590. The van der Waals surface area contributed by atoms with Crippen molar-refractivity contribution in [2.24, 2.45) is 0 Å². The standard InChI is InChI=1S/C38H48N2O9/c1-36(2,3)49-35(43)39-28(23-46-37(39,4)5)20-25-14-17-29(18-15-25)48-32-21-27(16-19-31(32)44-8)33(41)30-24-47-38(6,7)40(30)34(42)45-22-26-12-10-9-11-13-26/h9-18,28,30H,19-24H2,1-8H3/t28-,30+/m0/s1. The number of Topliss-reactive ketones (excluding diaryl/α,β-unsaturated/α-hetero) is 1. The zero-order chi connectivity index (χ0) is 35.6. The molecule has 0 radical (unpaired) electrons. The van der Waals surface area contributed by atoms with Crippen LogP contribution in [0.1, 0.15) is 72.4 Å². The summed E-state index contributed by atoms with van der Waals surface area (Å²) in [5.41, 5.74) is -0.0901. The monoisotopic (exact) mass is 676 g/mol. The zero-order valence-electron chi connectivity index (χ0n) is 29.7. The smallest absolute Gasteiger partial charge is 0.413 e. The number of allylic oxidation sites excluding steroid dienone is 2. The molecule has 5 rings (SSSR count). The minimum absolute atomic E-state index is 0.0523. The fourth-order valence-electron chi connectivity index (χ4n) is 6.32. The van der Waals surface area contributed by atoms with Gasteiger partial charge in [0.15, 0.2) is 5.78 Å². The molecule has 2 saturated heterocycles. The van der Waals surface area contributed by atoms with Gasteiger partial charge >= 0.3 is 12.2 Å². The van der Waals surface area contributed by atoms with Crippen molar-refractivity contribution in [2.45, 2.75) is 103 Å². The molecule has 2 amide bonds. The summed E-state index contributed by atoms with van der Waals surface area (Å²) in [6.45, 7) is 13.3. The van der Waals surface area contributed by atoms with Gasteiger partial charge in [0, 0.05) is 18.4 Å². The van der Waals surface area contributed by atoms with Gasteiger partial charge in [0.05, 0.1) is 26.4 Å². The van der Waals surface area contributed by atoms with E-state index in [0.29, 0.717) is 42.3 Å². The molecule has 2 aromatic rings. The number of carbonyl (C=O) groups is 3. The van der Waals surface area contributed by atoms with E-state index in [1.807, 2.05) is 95.3 Å². The van der Waals surface area contributed by atoms with E-state index in [-0.39, 0.29) is 31.5 Å². The number of benzene rings is 2. The Morgan fingerprint density at radius 3 is 2.14 bits per heavy atom. The van der Waals surface area contributed by atoms with Crippen LogP contribution in [0.15, 0.2) is 77.8 Å². The highest BCUT2D eigenvalue weighted by atomic mass is 16.6. The molecule has 0 bridgehead atoms. The summed E-state index contributed by atoms with van der Waals surface area (Å²) in [7, 11) is 1.57. The highest BCUT2D eigenvalue weighted by Crippen LogP contribution is 2.35. The van der Waals surface area contributed by atoms with Crippen molar-refractivity contribution in [3.63, 3.8) is 0 Å². The van der Waals surface area contributed by atoms with Crippen LogP contribution in [-0.2, 0) is 41.5 Å². The van der Waals surface area contributed by atoms with Crippen LogP contribution in [0.5, 0.6) is 5.75 Å². The topological polar surface area (TPSA) is 113 Å². The number of hydrogen-bond donors (Lipinski definition) is 0. The Morgan fingerprint density at radius 1 is 0.837 bits per heavy atom. The normalized spacial score (nSPS) is 21.7. The molecule has 0 saturated carbocycles. The van der Waals surface area contributed by atoms with Gasteiger partial charge in [-0.2, -0.15) is 0 Å². The highest BCUT2D eigenvalue weighted by molar-refractivity contribution is 6.02. The van der Waals surface area contributed by atoms with Crippen molar-refractivity contribution in [3.05, 3.63) is 88.9 Å². The zero-order valence-corrected chi connectivity index (χ0v) is 29.7. The number of amides is 2. The van der Waals surface area contributed by atoms with E-state index in [0.717, 1.165) is 11.1 Å². The van der Waals surface area contributed by atoms with Gasteiger partial charge in [-0.15, -0.1) is 0 Å². The van der Waals surface area contributed by atoms with Crippen LogP contribution in [0.25, 0.3) is 0 Å². The van der Waals surface area contributed by atoms with E-state index >= 15 is 0 Å². The van der Waals surface area contributed by atoms with Gasteiger partial charge in [0.25, 0.3) is 0 Å². The van der Waals surface area contributed by atoms with Crippen LogP contribution >= 0.6 is 0 Å². The van der Waals surface area contributed by atoms with E-state index in [1.54, 1.807) is 25.9 Å². The van der Waals surface area contributed by atoms with E-state index < -0.39 is 35.3 Å². The molecule has 2 aromatic carbocycles. The molecular weight excluding hydrogens is 628 g/mol. The Hall–Kier alpha value is -4.35. The molecule has 0 unspecified atom stereocenters. The van der Waals surface area contributed by atoms with Crippen LogP contribution in [-0.4, -0.2) is 77.2 Å². The van der Waals surface area contributed by atoms with Crippen LogP contribution in [0.3, 0.4) is 0 Å². The molecule has 0 spiro atoms. The fraction of sp³-hybridized carbons (Fsp3) is 0.500. The number of carbonyl (C=O) groups excluding carboxylic acids is 3. The second kappa shape index (κ2) is 14.2. The number of ketones is 1. The number of ether oxygens (including phenoxy) is 6. The van der Waals surface area contributed by atoms with Gasteiger partial charge in [-0.05, 0) is 78.1 Å². The Morgan fingerprint density at radius 2 is 1.49 bits per heavy atom. The van der Waals surface area contributed by atoms with E-state index in [1.165, 1.54) is 4.90 Å². The molecule has 2 atom stereocenters. The molecule has 2 fully saturated rings. The molecule has 11 heteroatoms. The summed E-state index contributed by atoms with van der Waals surface area (Å²) in [6, 6.07) is 15.9. The first-order chi connectivity index (χ1) is 23.1. The summed E-state index contributed by atoms with van der Waals surface area (Å²) < 4.78 is 35.0. The van der Waals surface area contributed by atoms with Crippen molar-refractivity contribution in [1.29, 1.82) is 0 Å². The van der Waals surface area contributed by atoms with Crippen molar-refractivity contribution in [2.75, 3.05) is 20.3 Å². The van der Waals surface area contributed by atoms with Crippen LogP contribution in [0.2, 0.25) is 0 Å². The second-order valence-electron chi connectivity index (χ2n) is 14.4. The minimum Gasteiger partial charge on any atom is -0.497 e. The van der Waals surface area contributed by atoms with Gasteiger partial charge in [0.1, 0.15) is 47.0 Å². The molecule has 3 aliphatic rings. The lowest BCUT2D eigenvalue weighted by Crippen LogP contribution is -2.51. The maximum Gasteiger partial charge on any atom is 0.413 e. The number of methoxy groups -OCH3 is 1. The summed E-state index contributed by atoms with van der Waals surface area (Å²) in [6.07, 6.45) is 1.91. The Kier molecular flexibility index (Phi) is 10.5. The fourth-order valence-corrected chi connectivity index (χ4v) is 6.32. The number of hydrogen-bond acceptors (Lipinski definition) is 9. The summed E-state index contributed by atoms with van der Waals surface area (Å²) in [4.78, 5) is 43.3. The average molecular weight is 677 g/mol. The van der Waals surface area contributed by atoms with Crippen LogP contribution < -0.4 is 4.74 Å². The van der Waals surface area contributed by atoms with E-state index in [2.05, 4.69) is 0 Å². The third-order valence-electron chi connectivity index (χ3n) is 8.75. The van der Waals surface area contributed by atoms with Crippen molar-refractivity contribution in [1.82, 2.24) is 9.80 Å². The SMILES string of the molecule is COC1=C(Oc2ccc(C[C@H]3COC(C)(C)N3C(=O)OC(C)(C)C)cc2)CC(C(=O)[C@H]2COC(C)(C)N2C(=O)OCc2ccccc2)=CC1. The lowest BCUT2D eigenvalue weighted by atomic mass is 9.94. The predicted octanol–water partition coefficient (Wildman–Crippen LogP) is 6.90. The lowest BCUT2D eigenvalue weighted by molar-refractivity contribution is -0.120. The third-order valence-corrected chi connectivity index (χ3v) is 8.75. The second-order valence-corrected chi connectivity index (χ2v) is 14.4. The maximum absolute atomic E-state index is 13.9. The van der Waals surface area contributed by atoms with Gasteiger partial charge < -0.3 is 28.4 Å². The van der Waals surface area contributed by atoms with E-state index in [4.69, 9.17) is 28.4 Å². The number of nitrogens with zero attached hydrogens (tertiary/aromatic N) is 2. The largest absolute Gasteiger partial charge is 0.497 e. The molecule has 1 aliphatic carbocycles. The van der Waals surface area contributed by atoms with Gasteiger partial charge in [-0.25, -0.2) is 9.59 Å². The molecule has 264 valence electrons. The molecule has 49 heavy (non-hydrogen) atoms. The predicted molar refractivity (Wildman–Crippen MR) is 181 cm³/mol. The third kappa shape index (κ3) is 8.45. The molecule has 0 aromatic heterocycles. The molecule has 11 nitrogen and oxygen atoms in total. The average Bonchev–Trinajstić information content (AvgIpc) is 3.53. The van der Waals surface area contributed by atoms with Crippen molar-refractivity contribution in [3.8, 4) is 5.75 Å². The molecule has 2 heterocycles. The Balaban J connectivity index is 1.23. The summed E-state index contributed by atoms with van der Waals surface area (Å²) in [5.74, 6) is 1.47. The van der Waals surface area contributed by atoms with Crippen LogP contribution in [0, 0.1) is 0 Å². The number of rotatable bonds is 9. The first-order valence-electron chi connectivity index (χ1n) is 16.6. The van der Waals surface area contributed by atoms with E-state index in [9.17, 15) is 14.4 Å². The first-order valence-corrected chi connectivity index (χ1v) is 16.6. The lowest BCUT2D eigenvalue weighted by Gasteiger charge is -2.35. The molecular formula is C38H48N2O9. The van der Waals surface area contributed by atoms with Gasteiger partial charge in [0.2, 0.25) is 0 Å². The van der Waals surface area contributed by atoms with Crippen molar-refractivity contribution >= 4 is 18.0 Å². The Labute approximate surface area is 288 Å². The van der Waals surface area contributed by atoms with Gasteiger partial charge in [-0.1, -0.05) is 48.5 Å². The summed E-state index contributed by atoms with van der Waals surface area (Å²) >= 11 is 0. The quantitative estimate of drug-likeness (QED) is 0.280. The van der Waals surface area contributed by atoms with Crippen molar-refractivity contribution < 1.29 is 42.8 Å². The summed E-state index contributed by atoms with van der Waals surface area (Å²) in [5, 5.41) is 0. The highest BCUT2D eigenvalue weighted by Gasteiger charge is 2.49. The minimum atomic E-state index is -1.03. The first kappa shape index (κ1) is 35.9.